The van der Waals surface area contributed by atoms with Crippen molar-refractivity contribution in [3.63, 3.8) is 0 Å². The van der Waals surface area contributed by atoms with Crippen LogP contribution < -0.4 is 5.32 Å². The fourth-order valence-corrected chi connectivity index (χ4v) is 2.59. The molecule has 3 heteroatoms. The molecular formula is C17H17BrN2. The van der Waals surface area contributed by atoms with E-state index in [1.165, 1.54) is 5.56 Å². The summed E-state index contributed by atoms with van der Waals surface area (Å²) in [7, 11) is 0. The summed E-state index contributed by atoms with van der Waals surface area (Å²) < 4.78 is 1.01. The molecule has 2 aromatic carbocycles. The van der Waals surface area contributed by atoms with Crippen LogP contribution in [0.1, 0.15) is 24.8 Å². The molecule has 0 bridgehead atoms. The lowest BCUT2D eigenvalue weighted by Gasteiger charge is -2.18. The minimum absolute atomic E-state index is 0.195. The summed E-state index contributed by atoms with van der Waals surface area (Å²) in [6, 6.07) is 20.3. The number of hydrogen-bond donors (Lipinski definition) is 1. The van der Waals surface area contributed by atoms with Crippen molar-refractivity contribution in [2.75, 3.05) is 5.32 Å². The Bertz CT molecular complexity index is 589. The lowest BCUT2D eigenvalue weighted by Crippen LogP contribution is -2.19. The number of nitrogens with zero attached hydrogens (tertiary/aromatic N) is 1. The average Bonchev–Trinajstić information content (AvgIpc) is 2.47. The Morgan fingerprint density at radius 3 is 2.55 bits per heavy atom. The molecule has 0 aliphatic rings. The van der Waals surface area contributed by atoms with Gasteiger partial charge in [-0.05, 0) is 36.1 Å². The second-order valence-electron chi connectivity index (χ2n) is 4.88. The van der Waals surface area contributed by atoms with Crippen LogP contribution in [0.4, 0.5) is 5.69 Å². The van der Waals surface area contributed by atoms with Gasteiger partial charge < -0.3 is 5.32 Å². The Morgan fingerprint density at radius 1 is 1.15 bits per heavy atom. The van der Waals surface area contributed by atoms with Crippen molar-refractivity contribution >= 4 is 21.6 Å². The van der Waals surface area contributed by atoms with Crippen LogP contribution in [0.15, 0.2) is 59.1 Å². The van der Waals surface area contributed by atoms with Crippen LogP contribution in [0.5, 0.6) is 0 Å². The molecule has 0 aliphatic heterocycles. The van der Waals surface area contributed by atoms with Crippen LogP contribution in [-0.4, -0.2) is 6.04 Å². The number of benzene rings is 2. The Balaban J connectivity index is 2.01. The quantitative estimate of drug-likeness (QED) is 0.843. The van der Waals surface area contributed by atoms with Crippen LogP contribution in [0.2, 0.25) is 0 Å². The van der Waals surface area contributed by atoms with Crippen LogP contribution >= 0.6 is 15.9 Å². The van der Waals surface area contributed by atoms with E-state index in [9.17, 15) is 5.26 Å². The second kappa shape index (κ2) is 7.12. The van der Waals surface area contributed by atoms with E-state index in [-0.39, 0.29) is 6.04 Å². The van der Waals surface area contributed by atoms with Crippen molar-refractivity contribution in [3.05, 3.63) is 64.6 Å². The Hall–Kier alpha value is -1.79. The zero-order valence-corrected chi connectivity index (χ0v) is 13.0. The molecule has 2 aromatic rings. The summed E-state index contributed by atoms with van der Waals surface area (Å²) in [5, 5.41) is 12.6. The molecule has 0 saturated carbocycles. The van der Waals surface area contributed by atoms with Crippen LogP contribution in [0.25, 0.3) is 0 Å². The first kappa shape index (κ1) is 14.6. The molecule has 0 aliphatic carbocycles. The molecule has 0 aromatic heterocycles. The summed E-state index contributed by atoms with van der Waals surface area (Å²) in [5.74, 6) is 0.348. The van der Waals surface area contributed by atoms with Gasteiger partial charge in [0.05, 0.1) is 6.07 Å². The van der Waals surface area contributed by atoms with Gasteiger partial charge in [-0.2, -0.15) is 5.26 Å². The van der Waals surface area contributed by atoms with E-state index >= 15 is 0 Å². The van der Waals surface area contributed by atoms with E-state index in [2.05, 4.69) is 46.4 Å². The third-order valence-corrected chi connectivity index (χ3v) is 3.77. The van der Waals surface area contributed by atoms with Crippen molar-refractivity contribution in [1.29, 1.82) is 5.26 Å². The molecule has 20 heavy (non-hydrogen) atoms. The van der Waals surface area contributed by atoms with Gasteiger partial charge in [0.1, 0.15) is 6.04 Å². The Kier molecular flexibility index (Phi) is 5.20. The van der Waals surface area contributed by atoms with E-state index < -0.39 is 0 Å². The van der Waals surface area contributed by atoms with E-state index in [4.69, 9.17) is 0 Å². The van der Waals surface area contributed by atoms with E-state index in [0.717, 1.165) is 16.6 Å². The number of nitriles is 1. The van der Waals surface area contributed by atoms with Gasteiger partial charge in [-0.25, -0.2) is 0 Å². The van der Waals surface area contributed by atoms with E-state index in [1.807, 2.05) is 42.5 Å². The molecule has 2 rings (SSSR count). The maximum atomic E-state index is 9.33. The molecule has 0 radical (unpaired) electrons. The SMILES string of the molecule is CC(CC(C#N)Nc1cccc(Br)c1)c1ccccc1. The minimum atomic E-state index is -0.195. The molecule has 2 nitrogen and oxygen atoms in total. The van der Waals surface area contributed by atoms with Gasteiger partial charge in [0.25, 0.3) is 0 Å². The standard InChI is InChI=1S/C17H17BrN2/c1-13(14-6-3-2-4-7-14)10-17(12-19)20-16-9-5-8-15(18)11-16/h2-9,11,13,17,20H,10H2,1H3. The molecule has 0 saturated heterocycles. The molecular weight excluding hydrogens is 312 g/mol. The van der Waals surface area contributed by atoms with Crippen LogP contribution in [-0.2, 0) is 0 Å². The third kappa shape index (κ3) is 4.11. The van der Waals surface area contributed by atoms with Gasteiger partial charge in [-0.1, -0.05) is 59.3 Å². The zero-order valence-electron chi connectivity index (χ0n) is 11.4. The predicted octanol–water partition coefficient (Wildman–Crippen LogP) is 4.95. The molecule has 0 amide bonds. The average molecular weight is 329 g/mol. The van der Waals surface area contributed by atoms with E-state index in [1.54, 1.807) is 0 Å². The van der Waals surface area contributed by atoms with Crippen molar-refractivity contribution in [2.45, 2.75) is 25.3 Å². The van der Waals surface area contributed by atoms with Crippen molar-refractivity contribution in [2.24, 2.45) is 0 Å². The molecule has 2 atom stereocenters. The second-order valence-corrected chi connectivity index (χ2v) is 5.80. The summed E-state index contributed by atoms with van der Waals surface area (Å²) in [4.78, 5) is 0. The number of hydrogen-bond acceptors (Lipinski definition) is 2. The summed E-state index contributed by atoms with van der Waals surface area (Å²) in [6.07, 6.45) is 0.785. The van der Waals surface area contributed by atoms with Gasteiger partial charge in [-0.15, -0.1) is 0 Å². The van der Waals surface area contributed by atoms with Crippen molar-refractivity contribution < 1.29 is 0 Å². The smallest absolute Gasteiger partial charge is 0.115 e. The number of anilines is 1. The minimum Gasteiger partial charge on any atom is -0.370 e. The Morgan fingerprint density at radius 2 is 1.90 bits per heavy atom. The molecule has 1 N–H and O–H groups in total. The summed E-state index contributed by atoms with van der Waals surface area (Å²) in [6.45, 7) is 2.16. The molecule has 102 valence electrons. The highest BCUT2D eigenvalue weighted by atomic mass is 79.9. The summed E-state index contributed by atoms with van der Waals surface area (Å²) >= 11 is 3.44. The molecule has 0 heterocycles. The normalized spacial score (nSPS) is 13.2. The third-order valence-electron chi connectivity index (χ3n) is 3.28. The highest BCUT2D eigenvalue weighted by Crippen LogP contribution is 2.23. The van der Waals surface area contributed by atoms with Gasteiger partial charge in [-0.3, -0.25) is 0 Å². The number of rotatable bonds is 5. The Labute approximate surface area is 128 Å². The molecule has 2 unspecified atom stereocenters. The van der Waals surface area contributed by atoms with Gasteiger partial charge in [0.2, 0.25) is 0 Å². The first-order valence-corrected chi connectivity index (χ1v) is 7.45. The van der Waals surface area contributed by atoms with E-state index in [0.29, 0.717) is 5.92 Å². The molecule has 0 spiro atoms. The van der Waals surface area contributed by atoms with Crippen LogP contribution in [0.3, 0.4) is 0 Å². The lowest BCUT2D eigenvalue weighted by atomic mass is 9.94. The largest absolute Gasteiger partial charge is 0.370 e. The maximum absolute atomic E-state index is 9.33. The van der Waals surface area contributed by atoms with Crippen molar-refractivity contribution in [3.8, 4) is 6.07 Å². The van der Waals surface area contributed by atoms with Gasteiger partial charge in [0, 0.05) is 10.2 Å². The fourth-order valence-electron chi connectivity index (χ4n) is 2.19. The number of halogens is 1. The monoisotopic (exact) mass is 328 g/mol. The summed E-state index contributed by atoms with van der Waals surface area (Å²) in [5.41, 5.74) is 2.23. The fraction of sp³-hybridized carbons (Fsp3) is 0.235. The maximum Gasteiger partial charge on any atom is 0.115 e. The zero-order chi connectivity index (χ0) is 14.4. The first-order valence-electron chi connectivity index (χ1n) is 6.65. The topological polar surface area (TPSA) is 35.8 Å². The van der Waals surface area contributed by atoms with Gasteiger partial charge >= 0.3 is 0 Å². The highest BCUT2D eigenvalue weighted by Gasteiger charge is 2.14. The lowest BCUT2D eigenvalue weighted by molar-refractivity contribution is 0.652. The van der Waals surface area contributed by atoms with Crippen molar-refractivity contribution in [1.82, 2.24) is 0 Å². The van der Waals surface area contributed by atoms with Gasteiger partial charge in [0.15, 0.2) is 0 Å². The predicted molar refractivity (Wildman–Crippen MR) is 86.6 cm³/mol. The highest BCUT2D eigenvalue weighted by molar-refractivity contribution is 9.10. The first-order chi connectivity index (χ1) is 9.69. The number of nitrogens with one attached hydrogen (secondary N) is 1. The van der Waals surface area contributed by atoms with Crippen LogP contribution in [0, 0.1) is 11.3 Å². The molecule has 0 fully saturated rings.